The van der Waals surface area contributed by atoms with Gasteiger partial charge in [-0.3, -0.25) is 0 Å². The van der Waals surface area contributed by atoms with Crippen LogP contribution < -0.4 is 0 Å². The number of benzene rings is 1. The van der Waals surface area contributed by atoms with Crippen LogP contribution in [0.15, 0.2) is 47.5 Å². The summed E-state index contributed by atoms with van der Waals surface area (Å²) in [6.07, 6.45) is 10.3. The molecule has 0 bridgehead atoms. The van der Waals surface area contributed by atoms with Gasteiger partial charge in [0.15, 0.2) is 5.82 Å². The Bertz CT molecular complexity index is 1170. The first-order valence-corrected chi connectivity index (χ1v) is 10.9. The molecule has 1 aliphatic rings. The van der Waals surface area contributed by atoms with E-state index in [-0.39, 0.29) is 0 Å². The number of rotatable bonds is 4. The molecule has 5 nitrogen and oxygen atoms in total. The smallest absolute Gasteiger partial charge is 0.174 e. The van der Waals surface area contributed by atoms with Gasteiger partial charge < -0.3 is 4.57 Å². The van der Waals surface area contributed by atoms with E-state index in [4.69, 9.17) is 10.1 Å². The third-order valence-electron chi connectivity index (χ3n) is 5.47. The van der Waals surface area contributed by atoms with E-state index in [2.05, 4.69) is 62.3 Å². The first kappa shape index (κ1) is 18.1. The van der Waals surface area contributed by atoms with Gasteiger partial charge in [-0.15, -0.1) is 0 Å². The van der Waals surface area contributed by atoms with Crippen LogP contribution in [0.1, 0.15) is 52.8 Å². The second-order valence-corrected chi connectivity index (χ2v) is 8.38. The van der Waals surface area contributed by atoms with E-state index in [0.717, 1.165) is 48.0 Å². The van der Waals surface area contributed by atoms with E-state index in [1.165, 1.54) is 11.1 Å². The highest BCUT2D eigenvalue weighted by molar-refractivity contribution is 7.08. The number of hydrogen-bond acceptors (Lipinski definition) is 4. The highest BCUT2D eigenvalue weighted by atomic mass is 32.1. The quantitative estimate of drug-likeness (QED) is 0.470. The summed E-state index contributed by atoms with van der Waals surface area (Å²) in [7, 11) is 0. The van der Waals surface area contributed by atoms with Crippen molar-refractivity contribution in [3.05, 3.63) is 81.6 Å². The normalized spacial score (nSPS) is 16.4. The zero-order valence-electron chi connectivity index (χ0n) is 16.6. The van der Waals surface area contributed by atoms with Crippen LogP contribution in [0, 0.1) is 13.8 Å². The van der Waals surface area contributed by atoms with E-state index >= 15 is 0 Å². The molecule has 1 atom stereocenters. The minimum absolute atomic E-state index is 0.366. The van der Waals surface area contributed by atoms with E-state index < -0.39 is 0 Å². The molecule has 4 aromatic rings. The first-order chi connectivity index (χ1) is 14.2. The average molecular weight is 402 g/mol. The number of imidazole rings is 1. The molecule has 6 heteroatoms. The monoisotopic (exact) mass is 401 g/mol. The summed E-state index contributed by atoms with van der Waals surface area (Å²) in [5.41, 5.74) is 5.88. The van der Waals surface area contributed by atoms with Gasteiger partial charge in [0.1, 0.15) is 5.82 Å². The fourth-order valence-corrected chi connectivity index (χ4v) is 4.74. The van der Waals surface area contributed by atoms with Crippen LogP contribution in [-0.2, 0) is 6.54 Å². The summed E-state index contributed by atoms with van der Waals surface area (Å²) in [4.78, 5) is 9.17. The molecule has 1 aromatic carbocycles. The van der Waals surface area contributed by atoms with Gasteiger partial charge in [-0.05, 0) is 78.4 Å². The van der Waals surface area contributed by atoms with Crippen molar-refractivity contribution in [2.24, 2.45) is 0 Å². The van der Waals surface area contributed by atoms with Crippen molar-refractivity contribution in [3.63, 3.8) is 0 Å². The molecule has 1 aliphatic heterocycles. The Labute approximate surface area is 174 Å². The lowest BCUT2D eigenvalue weighted by Crippen LogP contribution is -2.17. The molecule has 0 aliphatic carbocycles. The van der Waals surface area contributed by atoms with E-state index in [1.807, 2.05) is 25.5 Å². The summed E-state index contributed by atoms with van der Waals surface area (Å²) in [5.74, 6) is 2.25. The number of aromatic nitrogens is 5. The predicted molar refractivity (Wildman–Crippen MR) is 117 cm³/mol. The van der Waals surface area contributed by atoms with Gasteiger partial charge in [0, 0.05) is 24.3 Å². The molecule has 29 heavy (non-hydrogen) atoms. The van der Waals surface area contributed by atoms with E-state index in [1.54, 1.807) is 11.3 Å². The topological polar surface area (TPSA) is 48.5 Å². The summed E-state index contributed by atoms with van der Waals surface area (Å²) < 4.78 is 4.15. The van der Waals surface area contributed by atoms with Crippen LogP contribution >= 0.6 is 11.3 Å². The summed E-state index contributed by atoms with van der Waals surface area (Å²) in [5, 5.41) is 9.10. The Morgan fingerprint density at radius 2 is 2.10 bits per heavy atom. The lowest BCUT2D eigenvalue weighted by molar-refractivity contribution is 0.446. The second kappa shape index (κ2) is 7.44. The molecule has 5 rings (SSSR count). The number of aryl methyl sites for hydroxylation is 3. The van der Waals surface area contributed by atoms with Crippen LogP contribution in [0.5, 0.6) is 0 Å². The van der Waals surface area contributed by atoms with Crippen molar-refractivity contribution in [3.8, 4) is 5.69 Å². The van der Waals surface area contributed by atoms with Crippen molar-refractivity contribution < 1.29 is 0 Å². The Hall–Kier alpha value is -2.99. The van der Waals surface area contributed by atoms with Gasteiger partial charge in [-0.25, -0.2) is 14.6 Å². The number of nitrogens with zero attached hydrogens (tertiary/aromatic N) is 5. The van der Waals surface area contributed by atoms with Gasteiger partial charge in [-0.1, -0.05) is 12.1 Å². The van der Waals surface area contributed by atoms with Crippen molar-refractivity contribution >= 4 is 23.5 Å². The molecule has 0 spiro atoms. The fourth-order valence-electron chi connectivity index (χ4n) is 4.02. The van der Waals surface area contributed by atoms with E-state index in [0.29, 0.717) is 5.92 Å². The molecule has 0 unspecified atom stereocenters. The molecule has 0 fully saturated rings. The van der Waals surface area contributed by atoms with Crippen LogP contribution in [0.3, 0.4) is 0 Å². The number of hydrogen-bond donors (Lipinski definition) is 0. The maximum atomic E-state index is 4.85. The maximum absolute atomic E-state index is 4.85. The van der Waals surface area contributed by atoms with Gasteiger partial charge in [0.2, 0.25) is 0 Å². The second-order valence-electron chi connectivity index (χ2n) is 7.60. The fraction of sp³-hybridized carbons (Fsp3) is 0.261. The lowest BCUT2D eigenvalue weighted by Gasteiger charge is -2.21. The highest BCUT2D eigenvalue weighted by Crippen LogP contribution is 2.33. The molecular weight excluding hydrogens is 378 g/mol. The van der Waals surface area contributed by atoms with E-state index in [9.17, 15) is 0 Å². The maximum Gasteiger partial charge on any atom is 0.174 e. The van der Waals surface area contributed by atoms with Crippen LogP contribution in [0.2, 0.25) is 0 Å². The third-order valence-corrected chi connectivity index (χ3v) is 6.17. The predicted octanol–water partition coefficient (Wildman–Crippen LogP) is 5.24. The molecule has 0 amide bonds. The summed E-state index contributed by atoms with van der Waals surface area (Å²) in [6.45, 7) is 5.08. The Kier molecular flexibility index (Phi) is 4.64. The molecular formula is C23H23N5S. The lowest BCUT2D eigenvalue weighted by atomic mass is 9.93. The molecule has 3 aromatic heterocycles. The average Bonchev–Trinajstić information content (AvgIpc) is 3.46. The molecule has 0 N–H and O–H groups in total. The van der Waals surface area contributed by atoms with Gasteiger partial charge in [-0.2, -0.15) is 16.4 Å². The molecule has 0 saturated carbocycles. The van der Waals surface area contributed by atoms with Crippen molar-refractivity contribution in [2.45, 2.75) is 39.2 Å². The highest BCUT2D eigenvalue weighted by Gasteiger charge is 2.25. The Balaban J connectivity index is 1.39. The Morgan fingerprint density at radius 1 is 1.17 bits per heavy atom. The summed E-state index contributed by atoms with van der Waals surface area (Å²) >= 11 is 1.75. The van der Waals surface area contributed by atoms with Gasteiger partial charge in [0.25, 0.3) is 0 Å². The summed E-state index contributed by atoms with van der Waals surface area (Å²) in [6, 6.07) is 8.65. The molecule has 0 saturated heterocycles. The van der Waals surface area contributed by atoms with Gasteiger partial charge >= 0.3 is 0 Å². The SMILES string of the molecule is Cc1cn(-c2ccc(/C=C/c3nc4n(n3)CCC[C@H]4c3ccsc3)cc2C)cn1. The van der Waals surface area contributed by atoms with Crippen LogP contribution in [0.4, 0.5) is 0 Å². The number of thiophene rings is 1. The van der Waals surface area contributed by atoms with Crippen LogP contribution in [-0.4, -0.2) is 24.3 Å². The van der Waals surface area contributed by atoms with Crippen molar-refractivity contribution in [1.29, 1.82) is 0 Å². The zero-order valence-corrected chi connectivity index (χ0v) is 17.4. The Morgan fingerprint density at radius 3 is 2.86 bits per heavy atom. The number of fused-ring (bicyclic) bond motifs is 1. The van der Waals surface area contributed by atoms with Crippen molar-refractivity contribution in [1.82, 2.24) is 24.3 Å². The molecule has 0 radical (unpaired) electrons. The molecule has 4 heterocycles. The van der Waals surface area contributed by atoms with Gasteiger partial charge in [0.05, 0.1) is 12.0 Å². The van der Waals surface area contributed by atoms with Crippen LogP contribution in [0.25, 0.3) is 17.8 Å². The minimum Gasteiger partial charge on any atom is -0.306 e. The molecule has 146 valence electrons. The standard InChI is InChI=1S/C23H23N5S/c1-16-12-18(5-7-21(16)27-13-17(2)24-15-27)6-8-22-25-23-20(19-9-11-29-14-19)4-3-10-28(23)26-22/h5-9,11-15,20H,3-4,10H2,1-2H3/b8-6+/t20-/m0/s1. The minimum atomic E-state index is 0.366. The third kappa shape index (κ3) is 3.56. The largest absolute Gasteiger partial charge is 0.306 e. The first-order valence-electron chi connectivity index (χ1n) is 9.94. The zero-order chi connectivity index (χ0) is 19.8. The van der Waals surface area contributed by atoms with Crippen molar-refractivity contribution in [2.75, 3.05) is 0 Å².